The Kier molecular flexibility index (Phi) is 4.62. The van der Waals surface area contributed by atoms with E-state index >= 15 is 0 Å². The number of rotatable bonds is 4. The molecule has 1 aromatic heterocycles. The molecule has 0 saturated carbocycles. The van der Waals surface area contributed by atoms with E-state index in [1.807, 2.05) is 74.3 Å². The number of thiazole rings is 1. The molecule has 24 heavy (non-hydrogen) atoms. The topological polar surface area (TPSA) is 45.2 Å². The van der Waals surface area contributed by atoms with Gasteiger partial charge in [-0.1, -0.05) is 47.7 Å². The van der Waals surface area contributed by atoms with E-state index in [0.29, 0.717) is 4.88 Å². The molecule has 2 aromatic carbocycles. The van der Waals surface area contributed by atoms with Gasteiger partial charge in [-0.2, -0.15) is 0 Å². The van der Waals surface area contributed by atoms with Gasteiger partial charge in [-0.3, -0.25) is 4.79 Å². The second-order valence-electron chi connectivity index (χ2n) is 5.62. The van der Waals surface area contributed by atoms with E-state index in [-0.39, 0.29) is 5.91 Å². The van der Waals surface area contributed by atoms with Crippen molar-refractivity contribution in [2.24, 2.45) is 0 Å². The molecule has 0 spiro atoms. The molecule has 0 unspecified atom stereocenters. The number of benzene rings is 2. The van der Waals surface area contributed by atoms with Gasteiger partial charge in [0.05, 0.1) is 6.20 Å². The van der Waals surface area contributed by atoms with Crippen molar-refractivity contribution < 1.29 is 4.79 Å². The van der Waals surface area contributed by atoms with Crippen LogP contribution in [0.3, 0.4) is 0 Å². The van der Waals surface area contributed by atoms with Crippen molar-refractivity contribution in [3.05, 3.63) is 70.7 Å². The Balaban J connectivity index is 1.79. The molecule has 0 aliphatic heterocycles. The van der Waals surface area contributed by atoms with Crippen LogP contribution in [0.25, 0.3) is 0 Å². The number of anilines is 3. The van der Waals surface area contributed by atoms with Gasteiger partial charge < -0.3 is 10.2 Å². The Hall–Kier alpha value is -2.66. The van der Waals surface area contributed by atoms with Gasteiger partial charge in [0.25, 0.3) is 5.91 Å². The van der Waals surface area contributed by atoms with Crippen LogP contribution in [-0.4, -0.2) is 17.9 Å². The maximum absolute atomic E-state index is 12.5. The van der Waals surface area contributed by atoms with E-state index in [4.69, 9.17) is 0 Å². The molecule has 0 radical (unpaired) electrons. The zero-order chi connectivity index (χ0) is 17.1. The summed E-state index contributed by atoms with van der Waals surface area (Å²) >= 11 is 1.38. The number of hydrogen-bond acceptors (Lipinski definition) is 4. The molecule has 0 aliphatic carbocycles. The SMILES string of the molecule is Cc1cccc(C)c1NC(=O)c1cnc(N(C)c2ccccc2)s1. The van der Waals surface area contributed by atoms with E-state index in [1.165, 1.54) is 11.3 Å². The fourth-order valence-corrected chi connectivity index (χ4v) is 3.27. The molecule has 0 saturated heterocycles. The Morgan fingerprint density at radius 1 is 1.04 bits per heavy atom. The first-order valence-electron chi connectivity index (χ1n) is 7.68. The number of nitrogens with zero attached hydrogens (tertiary/aromatic N) is 2. The number of aromatic nitrogens is 1. The average Bonchev–Trinajstić information content (AvgIpc) is 3.08. The van der Waals surface area contributed by atoms with Gasteiger partial charge in [-0.25, -0.2) is 4.98 Å². The zero-order valence-electron chi connectivity index (χ0n) is 13.9. The van der Waals surface area contributed by atoms with Gasteiger partial charge >= 0.3 is 0 Å². The maximum Gasteiger partial charge on any atom is 0.267 e. The quantitative estimate of drug-likeness (QED) is 0.745. The van der Waals surface area contributed by atoms with Crippen molar-refractivity contribution in [1.29, 1.82) is 0 Å². The predicted octanol–water partition coefficient (Wildman–Crippen LogP) is 4.78. The lowest BCUT2D eigenvalue weighted by molar-refractivity contribution is 0.103. The average molecular weight is 337 g/mol. The van der Waals surface area contributed by atoms with Crippen LogP contribution in [0.5, 0.6) is 0 Å². The molecule has 5 heteroatoms. The molecule has 3 rings (SSSR count). The predicted molar refractivity (Wildman–Crippen MR) is 100 cm³/mol. The van der Waals surface area contributed by atoms with E-state index in [0.717, 1.165) is 27.6 Å². The summed E-state index contributed by atoms with van der Waals surface area (Å²) in [7, 11) is 1.95. The highest BCUT2D eigenvalue weighted by Gasteiger charge is 2.15. The minimum absolute atomic E-state index is 0.127. The van der Waals surface area contributed by atoms with Gasteiger partial charge in [0.15, 0.2) is 5.13 Å². The third-order valence-corrected chi connectivity index (χ3v) is 4.94. The minimum atomic E-state index is -0.127. The molecule has 0 atom stereocenters. The number of aryl methyl sites for hydroxylation is 2. The number of carbonyl (C=O) groups excluding carboxylic acids is 1. The second-order valence-corrected chi connectivity index (χ2v) is 6.63. The Bertz CT molecular complexity index is 838. The lowest BCUT2D eigenvalue weighted by atomic mass is 10.1. The molecule has 0 aliphatic rings. The van der Waals surface area contributed by atoms with Crippen LogP contribution in [-0.2, 0) is 0 Å². The summed E-state index contributed by atoms with van der Waals surface area (Å²) in [6.07, 6.45) is 1.63. The monoisotopic (exact) mass is 337 g/mol. The summed E-state index contributed by atoms with van der Waals surface area (Å²) in [6.45, 7) is 3.98. The summed E-state index contributed by atoms with van der Waals surface area (Å²) in [5.74, 6) is -0.127. The highest BCUT2D eigenvalue weighted by molar-refractivity contribution is 7.17. The molecule has 1 N–H and O–H groups in total. The normalized spacial score (nSPS) is 10.5. The molecule has 1 heterocycles. The van der Waals surface area contributed by atoms with Crippen LogP contribution in [0.1, 0.15) is 20.8 Å². The van der Waals surface area contributed by atoms with Crippen molar-refractivity contribution in [1.82, 2.24) is 4.98 Å². The number of amides is 1. The summed E-state index contributed by atoms with van der Waals surface area (Å²) in [4.78, 5) is 19.5. The molecule has 4 nitrogen and oxygen atoms in total. The first-order chi connectivity index (χ1) is 11.6. The second kappa shape index (κ2) is 6.84. The van der Waals surface area contributed by atoms with E-state index < -0.39 is 0 Å². The molecular formula is C19H19N3OS. The smallest absolute Gasteiger partial charge is 0.267 e. The van der Waals surface area contributed by atoms with E-state index in [9.17, 15) is 4.79 Å². The van der Waals surface area contributed by atoms with E-state index in [1.54, 1.807) is 6.20 Å². The molecule has 1 amide bonds. The van der Waals surface area contributed by atoms with Crippen molar-refractivity contribution in [2.75, 3.05) is 17.3 Å². The minimum Gasteiger partial charge on any atom is -0.321 e. The summed E-state index contributed by atoms with van der Waals surface area (Å²) in [5.41, 5.74) is 4.01. The van der Waals surface area contributed by atoms with Crippen molar-refractivity contribution in [3.63, 3.8) is 0 Å². The molecule has 0 bridgehead atoms. The third kappa shape index (κ3) is 3.31. The van der Waals surface area contributed by atoms with Crippen LogP contribution in [0.15, 0.2) is 54.7 Å². The van der Waals surface area contributed by atoms with Gasteiger partial charge in [0.1, 0.15) is 4.88 Å². The Labute approximate surface area is 145 Å². The fourth-order valence-electron chi connectivity index (χ4n) is 2.47. The van der Waals surface area contributed by atoms with Crippen molar-refractivity contribution in [3.8, 4) is 0 Å². The van der Waals surface area contributed by atoms with Gasteiger partial charge in [-0.05, 0) is 37.1 Å². The highest BCUT2D eigenvalue weighted by Crippen LogP contribution is 2.29. The summed E-state index contributed by atoms with van der Waals surface area (Å²) in [5, 5.41) is 3.78. The largest absolute Gasteiger partial charge is 0.321 e. The number of nitrogens with one attached hydrogen (secondary N) is 1. The first kappa shape index (κ1) is 16.2. The van der Waals surface area contributed by atoms with Gasteiger partial charge in [-0.15, -0.1) is 0 Å². The number of para-hydroxylation sites is 2. The van der Waals surface area contributed by atoms with Crippen molar-refractivity contribution in [2.45, 2.75) is 13.8 Å². The van der Waals surface area contributed by atoms with E-state index in [2.05, 4.69) is 10.3 Å². The Morgan fingerprint density at radius 2 is 1.71 bits per heavy atom. The standard InChI is InChI=1S/C19H19N3OS/c1-13-8-7-9-14(2)17(13)21-18(23)16-12-20-19(24-16)22(3)15-10-5-4-6-11-15/h4-12H,1-3H3,(H,21,23). The third-order valence-electron chi connectivity index (χ3n) is 3.87. The number of carbonyl (C=O) groups is 1. The molecule has 0 fully saturated rings. The van der Waals surface area contributed by atoms with Crippen LogP contribution in [0.2, 0.25) is 0 Å². The highest BCUT2D eigenvalue weighted by atomic mass is 32.1. The van der Waals surface area contributed by atoms with Crippen LogP contribution in [0, 0.1) is 13.8 Å². The number of hydrogen-bond donors (Lipinski definition) is 1. The zero-order valence-corrected chi connectivity index (χ0v) is 14.7. The van der Waals surface area contributed by atoms with Crippen LogP contribution in [0.4, 0.5) is 16.5 Å². The van der Waals surface area contributed by atoms with Crippen LogP contribution >= 0.6 is 11.3 Å². The molecular weight excluding hydrogens is 318 g/mol. The summed E-state index contributed by atoms with van der Waals surface area (Å²) in [6, 6.07) is 15.9. The first-order valence-corrected chi connectivity index (χ1v) is 8.50. The summed E-state index contributed by atoms with van der Waals surface area (Å²) < 4.78 is 0. The molecule has 3 aromatic rings. The molecule has 122 valence electrons. The fraction of sp³-hybridized carbons (Fsp3) is 0.158. The lowest BCUT2D eigenvalue weighted by Gasteiger charge is -2.15. The van der Waals surface area contributed by atoms with Gasteiger partial charge in [0, 0.05) is 18.4 Å². The Morgan fingerprint density at radius 3 is 2.38 bits per heavy atom. The van der Waals surface area contributed by atoms with Gasteiger partial charge in [0.2, 0.25) is 0 Å². The maximum atomic E-state index is 12.5. The van der Waals surface area contributed by atoms with Crippen LogP contribution < -0.4 is 10.2 Å². The van der Waals surface area contributed by atoms with Crippen molar-refractivity contribution >= 4 is 33.8 Å². The lowest BCUT2D eigenvalue weighted by Crippen LogP contribution is -2.12.